The summed E-state index contributed by atoms with van der Waals surface area (Å²) in [6.45, 7) is 0.885. The van der Waals surface area contributed by atoms with Crippen molar-refractivity contribution in [1.29, 1.82) is 0 Å². The molecule has 7 nitrogen and oxygen atoms in total. The largest absolute Gasteiger partial charge is 0.459 e. The van der Waals surface area contributed by atoms with Crippen LogP contribution in [-0.2, 0) is 19.6 Å². The minimum atomic E-state index is -4.42. The van der Waals surface area contributed by atoms with Crippen LogP contribution < -0.4 is 15.6 Å². The number of fused-ring (bicyclic) bond motifs is 2. The Hall–Kier alpha value is -4.05. The van der Waals surface area contributed by atoms with Crippen molar-refractivity contribution in [3.63, 3.8) is 0 Å². The zero-order valence-electron chi connectivity index (χ0n) is 20.5. The number of para-hydroxylation sites is 1. The molecule has 200 valence electrons. The van der Waals surface area contributed by atoms with E-state index in [0.717, 1.165) is 17.7 Å². The molecule has 39 heavy (non-hydrogen) atoms. The lowest BCUT2D eigenvalue weighted by Gasteiger charge is -2.30. The van der Waals surface area contributed by atoms with Gasteiger partial charge in [0.15, 0.2) is 5.96 Å². The van der Waals surface area contributed by atoms with Crippen molar-refractivity contribution in [2.24, 2.45) is 4.99 Å². The summed E-state index contributed by atoms with van der Waals surface area (Å²) in [5.74, 6) is 0.465. The van der Waals surface area contributed by atoms with Crippen LogP contribution in [0.2, 0.25) is 5.02 Å². The van der Waals surface area contributed by atoms with Crippen LogP contribution in [0.3, 0.4) is 0 Å². The molecule has 2 aliphatic heterocycles. The Morgan fingerprint density at radius 3 is 2.72 bits per heavy atom. The average molecular weight is 554 g/mol. The van der Waals surface area contributed by atoms with Gasteiger partial charge in [0.05, 0.1) is 41.1 Å². The maximum atomic E-state index is 13.9. The molecular formula is C28H23ClF3N5O2. The summed E-state index contributed by atoms with van der Waals surface area (Å²) >= 11 is 6.11. The SMILES string of the molecule is O=c1c2c(nc(OCc3cccc(Cl)c3)n1-c1ccccc1)CCN(C1=NC3C=CC(C(F)(F)F)=CC3N1)C2. The van der Waals surface area contributed by atoms with Crippen molar-refractivity contribution in [3.8, 4) is 11.7 Å². The van der Waals surface area contributed by atoms with Crippen molar-refractivity contribution in [2.45, 2.75) is 37.8 Å². The van der Waals surface area contributed by atoms with Gasteiger partial charge in [0.2, 0.25) is 0 Å². The summed E-state index contributed by atoms with van der Waals surface area (Å²) in [5.41, 5.74) is 1.59. The van der Waals surface area contributed by atoms with E-state index < -0.39 is 23.8 Å². The molecular weight excluding hydrogens is 531 g/mol. The summed E-state index contributed by atoms with van der Waals surface area (Å²) in [4.78, 5) is 25.1. The van der Waals surface area contributed by atoms with Gasteiger partial charge in [-0.15, -0.1) is 0 Å². The highest BCUT2D eigenvalue weighted by Gasteiger charge is 2.39. The molecule has 11 heteroatoms. The average Bonchev–Trinajstić information content (AvgIpc) is 3.36. The van der Waals surface area contributed by atoms with Crippen molar-refractivity contribution in [2.75, 3.05) is 6.54 Å². The molecule has 0 saturated heterocycles. The van der Waals surface area contributed by atoms with Crippen LogP contribution in [0.4, 0.5) is 13.2 Å². The van der Waals surface area contributed by atoms with Gasteiger partial charge in [-0.1, -0.05) is 54.1 Å². The predicted octanol–water partition coefficient (Wildman–Crippen LogP) is 4.58. The summed E-state index contributed by atoms with van der Waals surface area (Å²) in [5, 5.41) is 3.68. The summed E-state index contributed by atoms with van der Waals surface area (Å²) in [7, 11) is 0. The normalized spacial score (nSPS) is 20.1. The van der Waals surface area contributed by atoms with Crippen molar-refractivity contribution >= 4 is 17.6 Å². The first-order valence-electron chi connectivity index (χ1n) is 12.4. The second kappa shape index (κ2) is 9.92. The lowest BCUT2D eigenvalue weighted by molar-refractivity contribution is -0.0887. The maximum Gasteiger partial charge on any atom is 0.416 e. The number of nitrogens with one attached hydrogen (secondary N) is 1. The van der Waals surface area contributed by atoms with Gasteiger partial charge in [-0.2, -0.15) is 13.2 Å². The number of allylic oxidation sites excluding steroid dienone is 2. The van der Waals surface area contributed by atoms with E-state index in [-0.39, 0.29) is 24.7 Å². The first-order chi connectivity index (χ1) is 18.8. The molecule has 0 fully saturated rings. The van der Waals surface area contributed by atoms with E-state index in [4.69, 9.17) is 21.3 Å². The number of aliphatic imine (C=N–C) groups is 1. The molecule has 1 aliphatic carbocycles. The molecule has 0 saturated carbocycles. The second-order valence-corrected chi connectivity index (χ2v) is 9.91. The van der Waals surface area contributed by atoms with E-state index in [1.807, 2.05) is 35.2 Å². The molecule has 2 unspecified atom stereocenters. The summed E-state index contributed by atoms with van der Waals surface area (Å²) in [6, 6.07) is 15.5. The molecule has 0 amide bonds. The van der Waals surface area contributed by atoms with Gasteiger partial charge < -0.3 is 15.0 Å². The van der Waals surface area contributed by atoms with Gasteiger partial charge in [0, 0.05) is 18.0 Å². The minimum absolute atomic E-state index is 0.176. The van der Waals surface area contributed by atoms with E-state index in [9.17, 15) is 18.0 Å². The Balaban J connectivity index is 1.29. The highest BCUT2D eigenvalue weighted by atomic mass is 35.5. The molecule has 3 heterocycles. The van der Waals surface area contributed by atoms with E-state index in [0.29, 0.717) is 40.9 Å². The summed E-state index contributed by atoms with van der Waals surface area (Å²) < 4.78 is 47.0. The number of alkyl halides is 3. The molecule has 2 aromatic carbocycles. The standard InChI is InChI=1S/C28H23ClF3N5O2/c29-19-6-4-5-17(13-19)16-39-27-35-22-11-12-36(15-21(22)25(38)37(27)20-7-2-1-3-8-20)26-33-23-10-9-18(28(30,31)32)14-24(23)34-26/h1-10,13-14,23-24H,11-12,15-16H2,(H,33,34). The van der Waals surface area contributed by atoms with E-state index >= 15 is 0 Å². The predicted molar refractivity (Wildman–Crippen MR) is 141 cm³/mol. The van der Waals surface area contributed by atoms with E-state index in [2.05, 4.69) is 10.3 Å². The lowest BCUT2D eigenvalue weighted by Crippen LogP contribution is -2.47. The van der Waals surface area contributed by atoms with Gasteiger partial charge in [0.25, 0.3) is 5.56 Å². The molecule has 0 spiro atoms. The smallest absolute Gasteiger partial charge is 0.416 e. The van der Waals surface area contributed by atoms with Crippen LogP contribution in [0.15, 0.2) is 88.2 Å². The third kappa shape index (κ3) is 5.04. The quantitative estimate of drug-likeness (QED) is 0.512. The zero-order chi connectivity index (χ0) is 27.1. The minimum Gasteiger partial charge on any atom is -0.459 e. The number of hydrogen-bond acceptors (Lipinski definition) is 6. The summed E-state index contributed by atoms with van der Waals surface area (Å²) in [6.07, 6.45) is -0.292. The highest BCUT2D eigenvalue weighted by Crippen LogP contribution is 2.32. The first-order valence-corrected chi connectivity index (χ1v) is 12.8. The molecule has 0 bridgehead atoms. The van der Waals surface area contributed by atoms with Crippen molar-refractivity contribution in [3.05, 3.63) is 111 Å². The fraction of sp³-hybridized carbons (Fsp3) is 0.250. The lowest BCUT2D eigenvalue weighted by atomic mass is 9.99. The number of ether oxygens (including phenoxy) is 1. The number of halogens is 4. The third-order valence-electron chi connectivity index (χ3n) is 6.86. The number of guanidine groups is 1. The van der Waals surface area contributed by atoms with Gasteiger partial charge in [-0.25, -0.2) is 14.5 Å². The number of rotatable bonds is 4. The van der Waals surface area contributed by atoms with Gasteiger partial charge in [-0.05, 0) is 35.9 Å². The Kier molecular flexibility index (Phi) is 6.42. The Labute approximate surface area is 226 Å². The van der Waals surface area contributed by atoms with Crippen LogP contribution in [0.25, 0.3) is 5.69 Å². The van der Waals surface area contributed by atoms with Crippen molar-refractivity contribution < 1.29 is 17.9 Å². The van der Waals surface area contributed by atoms with E-state index in [1.54, 1.807) is 24.3 Å². The van der Waals surface area contributed by atoms with Crippen molar-refractivity contribution in [1.82, 2.24) is 19.8 Å². The van der Waals surface area contributed by atoms with Gasteiger partial charge in [-0.3, -0.25) is 4.79 Å². The van der Waals surface area contributed by atoms with Crippen LogP contribution in [-0.4, -0.2) is 45.2 Å². The number of nitrogens with zero attached hydrogens (tertiary/aromatic N) is 4. The van der Waals surface area contributed by atoms with E-state index in [1.165, 1.54) is 10.6 Å². The second-order valence-electron chi connectivity index (χ2n) is 9.48. The molecule has 0 radical (unpaired) electrons. The first kappa shape index (κ1) is 25.2. The van der Waals surface area contributed by atoms with Gasteiger partial charge >= 0.3 is 12.2 Å². The topological polar surface area (TPSA) is 71.8 Å². The molecule has 6 rings (SSSR count). The van der Waals surface area contributed by atoms with Crippen LogP contribution in [0, 0.1) is 0 Å². The molecule has 1 N–H and O–H groups in total. The Bertz CT molecular complexity index is 1570. The maximum absolute atomic E-state index is 13.9. The Morgan fingerprint density at radius 1 is 1.13 bits per heavy atom. The molecule has 3 aromatic rings. The van der Waals surface area contributed by atoms with Crippen LogP contribution in [0.1, 0.15) is 16.8 Å². The number of aromatic nitrogens is 2. The fourth-order valence-electron chi connectivity index (χ4n) is 4.92. The molecule has 1 aromatic heterocycles. The third-order valence-corrected chi connectivity index (χ3v) is 7.10. The van der Waals surface area contributed by atoms with Gasteiger partial charge in [0.1, 0.15) is 6.61 Å². The fourth-order valence-corrected chi connectivity index (χ4v) is 5.13. The number of benzene rings is 2. The Morgan fingerprint density at radius 2 is 1.95 bits per heavy atom. The zero-order valence-corrected chi connectivity index (χ0v) is 21.3. The number of hydrogen-bond donors (Lipinski definition) is 1. The highest BCUT2D eigenvalue weighted by molar-refractivity contribution is 6.30. The van der Waals surface area contributed by atoms with Crippen LogP contribution in [0.5, 0.6) is 6.01 Å². The monoisotopic (exact) mass is 553 g/mol. The molecule has 3 aliphatic rings. The van der Waals surface area contributed by atoms with Crippen LogP contribution >= 0.6 is 11.6 Å². The molecule has 2 atom stereocenters.